The number of para-hydroxylation sites is 1. The van der Waals surface area contributed by atoms with Crippen LogP contribution in [-0.4, -0.2) is 24.8 Å². The molecule has 2 aromatic rings. The Morgan fingerprint density at radius 1 is 1.18 bits per heavy atom. The second-order valence-electron chi connectivity index (χ2n) is 8.37. The maximum absolute atomic E-state index is 13.7. The fraction of sp³-hybridized carbons (Fsp3) is 0.240. The number of Topliss-reactive ketones (excluding diaryl/α,β-unsaturated/α-hetero) is 1. The molecule has 0 saturated carbocycles. The van der Waals surface area contributed by atoms with Gasteiger partial charge in [-0.1, -0.05) is 34.1 Å². The quantitative estimate of drug-likeness (QED) is 0.599. The van der Waals surface area contributed by atoms with Crippen molar-refractivity contribution < 1.29 is 19.1 Å². The van der Waals surface area contributed by atoms with Crippen LogP contribution < -0.4 is 16.0 Å². The Morgan fingerprint density at radius 2 is 1.94 bits per heavy atom. The third-order valence-electron chi connectivity index (χ3n) is 6.61. The summed E-state index contributed by atoms with van der Waals surface area (Å²) in [6.07, 6.45) is 1.46. The van der Waals surface area contributed by atoms with E-state index >= 15 is 0 Å². The van der Waals surface area contributed by atoms with Crippen LogP contribution in [0.15, 0.2) is 69.6 Å². The highest BCUT2D eigenvalue weighted by Crippen LogP contribution is 2.55. The summed E-state index contributed by atoms with van der Waals surface area (Å²) in [7, 11) is 1.25. The van der Waals surface area contributed by atoms with Gasteiger partial charge in [-0.05, 0) is 49.6 Å². The molecule has 1 aliphatic carbocycles. The highest BCUT2D eigenvalue weighted by Gasteiger charge is 2.61. The molecule has 1 amide bonds. The molecule has 0 bridgehead atoms. The number of allylic oxidation sites excluding steroid dienone is 1. The number of carbonyl (C=O) groups excluding carboxylic acids is 3. The van der Waals surface area contributed by atoms with E-state index in [9.17, 15) is 14.4 Å². The molecule has 0 radical (unpaired) electrons. The number of esters is 1. The first-order valence-electron chi connectivity index (χ1n) is 10.6. The van der Waals surface area contributed by atoms with Crippen molar-refractivity contribution in [2.45, 2.75) is 31.6 Å². The summed E-state index contributed by atoms with van der Waals surface area (Å²) in [4.78, 5) is 42.3. The minimum atomic E-state index is -1.65. The number of carbonyl (C=O) groups is 3. The summed E-state index contributed by atoms with van der Waals surface area (Å²) in [5.74, 6) is -1.30. The predicted molar refractivity (Wildman–Crippen MR) is 127 cm³/mol. The zero-order valence-electron chi connectivity index (χ0n) is 18.2. The van der Waals surface area contributed by atoms with Gasteiger partial charge in [0.2, 0.25) is 5.91 Å². The fourth-order valence-corrected chi connectivity index (χ4v) is 5.78. The summed E-state index contributed by atoms with van der Waals surface area (Å²) in [5, 5.41) is 2.87. The molecule has 1 atom stereocenters. The summed E-state index contributed by atoms with van der Waals surface area (Å²) >= 11 is 3.48. The Hall–Kier alpha value is -3.39. The van der Waals surface area contributed by atoms with E-state index in [0.29, 0.717) is 35.4 Å². The molecule has 0 fully saturated rings. The minimum Gasteiger partial charge on any atom is -0.466 e. The molecule has 0 saturated heterocycles. The van der Waals surface area contributed by atoms with Crippen molar-refractivity contribution in [1.82, 2.24) is 0 Å². The number of ketones is 1. The van der Waals surface area contributed by atoms with E-state index in [-0.39, 0.29) is 23.6 Å². The van der Waals surface area contributed by atoms with Crippen LogP contribution in [0.25, 0.3) is 0 Å². The zero-order chi connectivity index (χ0) is 23.5. The first-order chi connectivity index (χ1) is 15.8. The Kier molecular flexibility index (Phi) is 4.93. The van der Waals surface area contributed by atoms with Crippen molar-refractivity contribution in [2.24, 2.45) is 5.73 Å². The van der Waals surface area contributed by atoms with E-state index in [4.69, 9.17) is 10.5 Å². The third-order valence-corrected chi connectivity index (χ3v) is 7.10. The molecule has 3 aliphatic rings. The first kappa shape index (κ1) is 21.5. The van der Waals surface area contributed by atoms with Gasteiger partial charge in [0.05, 0.1) is 12.8 Å². The first-order valence-corrected chi connectivity index (χ1v) is 11.4. The van der Waals surface area contributed by atoms with Crippen LogP contribution in [0, 0.1) is 6.92 Å². The fourth-order valence-electron chi connectivity index (χ4n) is 5.31. The number of amides is 1. The van der Waals surface area contributed by atoms with Crippen LogP contribution in [0.3, 0.4) is 0 Å². The summed E-state index contributed by atoms with van der Waals surface area (Å²) in [6, 6.07) is 12.8. The highest BCUT2D eigenvalue weighted by atomic mass is 79.9. The number of hydrogen-bond donors (Lipinski definition) is 2. The Bertz CT molecular complexity index is 1310. The van der Waals surface area contributed by atoms with Gasteiger partial charge < -0.3 is 15.8 Å². The molecule has 8 heteroatoms. The van der Waals surface area contributed by atoms with Gasteiger partial charge in [-0.3, -0.25) is 14.5 Å². The molecule has 168 valence electrons. The molecule has 2 heterocycles. The molecule has 2 aliphatic heterocycles. The van der Waals surface area contributed by atoms with Crippen molar-refractivity contribution in [3.05, 3.63) is 80.7 Å². The summed E-state index contributed by atoms with van der Waals surface area (Å²) < 4.78 is 6.03. The SMILES string of the molecule is COC(=O)C1=C(N)N(c2ccc(Br)cc2C)C2=C(C(=O)CCC2)C12C(=O)Nc1ccccc12. The van der Waals surface area contributed by atoms with Crippen LogP contribution >= 0.6 is 15.9 Å². The van der Waals surface area contributed by atoms with Gasteiger partial charge in [-0.2, -0.15) is 0 Å². The molecule has 3 N–H and O–H groups in total. The van der Waals surface area contributed by atoms with E-state index in [1.165, 1.54) is 7.11 Å². The largest absolute Gasteiger partial charge is 0.466 e. The van der Waals surface area contributed by atoms with E-state index in [1.807, 2.05) is 25.1 Å². The van der Waals surface area contributed by atoms with Crippen LogP contribution in [0.5, 0.6) is 0 Å². The average molecular weight is 508 g/mol. The Morgan fingerprint density at radius 3 is 2.67 bits per heavy atom. The van der Waals surface area contributed by atoms with Gasteiger partial charge in [0.1, 0.15) is 16.8 Å². The second-order valence-corrected chi connectivity index (χ2v) is 9.28. The molecular formula is C25H22BrN3O4. The molecule has 5 rings (SSSR count). The number of benzene rings is 2. The zero-order valence-corrected chi connectivity index (χ0v) is 19.8. The standard InChI is InChI=1S/C25H22BrN3O4/c1-13-12-14(26)10-11-17(13)29-18-8-5-9-19(30)20(18)25(21(22(29)27)23(31)33-2)15-6-3-4-7-16(15)28-24(25)32/h3-4,6-7,10-12H,5,8-9,27H2,1-2H3,(H,28,32). The number of anilines is 2. The summed E-state index contributed by atoms with van der Waals surface area (Å²) in [6.45, 7) is 1.93. The Labute approximate surface area is 199 Å². The van der Waals surface area contributed by atoms with Crippen molar-refractivity contribution in [2.75, 3.05) is 17.3 Å². The Balaban J connectivity index is 1.92. The second kappa shape index (κ2) is 7.59. The van der Waals surface area contributed by atoms with Gasteiger partial charge in [-0.25, -0.2) is 4.79 Å². The van der Waals surface area contributed by atoms with Crippen molar-refractivity contribution in [3.8, 4) is 0 Å². The predicted octanol–water partition coefficient (Wildman–Crippen LogP) is 3.82. The normalized spacial score (nSPS) is 21.8. The number of rotatable bonds is 2. The van der Waals surface area contributed by atoms with Gasteiger partial charge in [-0.15, -0.1) is 0 Å². The van der Waals surface area contributed by atoms with E-state index in [2.05, 4.69) is 21.2 Å². The number of methoxy groups -OCH3 is 1. The highest BCUT2D eigenvalue weighted by molar-refractivity contribution is 9.10. The maximum Gasteiger partial charge on any atom is 0.339 e. The minimum absolute atomic E-state index is 0.0382. The van der Waals surface area contributed by atoms with Gasteiger partial charge >= 0.3 is 5.97 Å². The molecule has 2 aromatic carbocycles. The number of halogens is 1. The number of nitrogens with zero attached hydrogens (tertiary/aromatic N) is 1. The van der Waals surface area contributed by atoms with Crippen molar-refractivity contribution >= 4 is 45.0 Å². The molecule has 33 heavy (non-hydrogen) atoms. The van der Waals surface area contributed by atoms with Crippen LogP contribution in [0.4, 0.5) is 11.4 Å². The van der Waals surface area contributed by atoms with E-state index in [1.54, 1.807) is 29.2 Å². The molecule has 1 spiro atoms. The molecule has 7 nitrogen and oxygen atoms in total. The van der Waals surface area contributed by atoms with Gasteiger partial charge in [0, 0.05) is 33.4 Å². The number of ether oxygens (including phenoxy) is 1. The smallest absolute Gasteiger partial charge is 0.339 e. The molecule has 1 unspecified atom stereocenters. The number of nitrogens with two attached hydrogens (primary N) is 1. The van der Waals surface area contributed by atoms with Crippen molar-refractivity contribution in [3.63, 3.8) is 0 Å². The van der Waals surface area contributed by atoms with Crippen molar-refractivity contribution in [1.29, 1.82) is 0 Å². The molecular weight excluding hydrogens is 486 g/mol. The van der Waals surface area contributed by atoms with E-state index in [0.717, 1.165) is 15.7 Å². The van der Waals surface area contributed by atoms with Crippen LogP contribution in [-0.2, 0) is 24.5 Å². The van der Waals surface area contributed by atoms with Crippen LogP contribution in [0.1, 0.15) is 30.4 Å². The van der Waals surface area contributed by atoms with Crippen LogP contribution in [0.2, 0.25) is 0 Å². The number of fused-ring (bicyclic) bond motifs is 3. The van der Waals surface area contributed by atoms with Gasteiger partial charge in [0.25, 0.3) is 0 Å². The lowest BCUT2D eigenvalue weighted by molar-refractivity contribution is -0.138. The summed E-state index contributed by atoms with van der Waals surface area (Å²) in [5.41, 5.74) is 8.71. The lowest BCUT2D eigenvalue weighted by Crippen LogP contribution is -2.53. The number of aryl methyl sites for hydroxylation is 1. The number of hydrogen-bond acceptors (Lipinski definition) is 6. The van der Waals surface area contributed by atoms with E-state index < -0.39 is 17.3 Å². The van der Waals surface area contributed by atoms with Gasteiger partial charge in [0.15, 0.2) is 5.78 Å². The topological polar surface area (TPSA) is 102 Å². The average Bonchev–Trinajstić information content (AvgIpc) is 3.07. The number of nitrogens with one attached hydrogen (secondary N) is 1. The third kappa shape index (κ3) is 2.83. The maximum atomic E-state index is 13.7. The lowest BCUT2D eigenvalue weighted by Gasteiger charge is -2.44. The lowest BCUT2D eigenvalue weighted by atomic mass is 9.63. The monoisotopic (exact) mass is 507 g/mol. The molecule has 0 aromatic heterocycles.